The van der Waals surface area contributed by atoms with E-state index < -0.39 is 10.0 Å². The van der Waals surface area contributed by atoms with Crippen LogP contribution in [-0.4, -0.2) is 13.4 Å². The van der Waals surface area contributed by atoms with Gasteiger partial charge in [-0.3, -0.25) is 4.98 Å². The lowest BCUT2D eigenvalue weighted by atomic mass is 10.4. The number of pyridine rings is 1. The highest BCUT2D eigenvalue weighted by Crippen LogP contribution is 2.08. The van der Waals surface area contributed by atoms with Crippen molar-refractivity contribution in [2.24, 2.45) is 5.14 Å². The van der Waals surface area contributed by atoms with E-state index in [1.54, 1.807) is 12.1 Å². The van der Waals surface area contributed by atoms with Gasteiger partial charge in [-0.05, 0) is 28.1 Å². The second kappa shape index (κ2) is 3.51. The highest BCUT2D eigenvalue weighted by molar-refractivity contribution is 9.10. The van der Waals surface area contributed by atoms with Gasteiger partial charge >= 0.3 is 0 Å². The topological polar surface area (TPSA) is 73.1 Å². The van der Waals surface area contributed by atoms with Crippen LogP contribution < -0.4 is 5.14 Å². The smallest absolute Gasteiger partial charge is 0.214 e. The second-order valence-corrected chi connectivity index (χ2v) is 4.81. The molecule has 1 aromatic heterocycles. The first-order chi connectivity index (χ1) is 5.47. The molecular weight excluding hydrogens is 244 g/mol. The van der Waals surface area contributed by atoms with E-state index in [2.05, 4.69) is 20.9 Å². The lowest BCUT2D eigenvalue weighted by Gasteiger charge is -1.97. The van der Waals surface area contributed by atoms with E-state index in [1.165, 1.54) is 6.20 Å². The molecule has 0 spiro atoms. The van der Waals surface area contributed by atoms with Crippen LogP contribution in [-0.2, 0) is 15.8 Å². The molecule has 4 nitrogen and oxygen atoms in total. The van der Waals surface area contributed by atoms with Gasteiger partial charge in [0.15, 0.2) is 0 Å². The maximum absolute atomic E-state index is 10.6. The molecule has 1 rings (SSSR count). The van der Waals surface area contributed by atoms with E-state index in [-0.39, 0.29) is 5.75 Å². The van der Waals surface area contributed by atoms with E-state index in [0.717, 1.165) is 4.47 Å². The number of nitrogens with two attached hydrogens (primary N) is 1. The molecular formula is C6H7BrN2O2S. The fourth-order valence-electron chi connectivity index (χ4n) is 0.698. The number of hydrogen-bond donors (Lipinski definition) is 1. The van der Waals surface area contributed by atoms with Gasteiger partial charge in [0.25, 0.3) is 0 Å². The Morgan fingerprint density at radius 2 is 2.17 bits per heavy atom. The average molecular weight is 251 g/mol. The summed E-state index contributed by atoms with van der Waals surface area (Å²) in [6.45, 7) is 0. The molecule has 0 aromatic carbocycles. The van der Waals surface area contributed by atoms with Crippen molar-refractivity contribution in [1.29, 1.82) is 0 Å². The summed E-state index contributed by atoms with van der Waals surface area (Å²) in [5.74, 6) is -0.222. The first-order valence-electron chi connectivity index (χ1n) is 3.08. The second-order valence-electron chi connectivity index (χ2n) is 2.27. The molecule has 0 radical (unpaired) electrons. The molecule has 6 heteroatoms. The Balaban J connectivity index is 2.85. The fraction of sp³-hybridized carbons (Fsp3) is 0.167. The molecule has 0 fully saturated rings. The fourth-order valence-corrected chi connectivity index (χ4v) is 1.52. The molecule has 0 aliphatic carbocycles. The van der Waals surface area contributed by atoms with Crippen molar-refractivity contribution in [3.05, 3.63) is 28.5 Å². The van der Waals surface area contributed by atoms with Gasteiger partial charge in [0.2, 0.25) is 10.0 Å². The SMILES string of the molecule is NS(=O)(=O)Cc1ccc(Br)cn1. The van der Waals surface area contributed by atoms with Crippen LogP contribution in [0.3, 0.4) is 0 Å². The number of halogens is 1. The molecule has 1 heterocycles. The highest BCUT2D eigenvalue weighted by Gasteiger charge is 2.04. The van der Waals surface area contributed by atoms with Crippen LogP contribution in [0.5, 0.6) is 0 Å². The molecule has 66 valence electrons. The van der Waals surface area contributed by atoms with Gasteiger partial charge in [0.05, 0.1) is 5.69 Å². The van der Waals surface area contributed by atoms with Gasteiger partial charge in [-0.2, -0.15) is 0 Å². The largest absolute Gasteiger partial charge is 0.259 e. The molecule has 1 aromatic rings. The predicted molar refractivity (Wildman–Crippen MR) is 48.7 cm³/mol. The number of aromatic nitrogens is 1. The van der Waals surface area contributed by atoms with Crippen LogP contribution in [0.15, 0.2) is 22.8 Å². The van der Waals surface area contributed by atoms with Crippen molar-refractivity contribution in [3.8, 4) is 0 Å². The Morgan fingerprint density at radius 1 is 1.50 bits per heavy atom. The van der Waals surface area contributed by atoms with Crippen molar-refractivity contribution in [3.63, 3.8) is 0 Å². The van der Waals surface area contributed by atoms with E-state index in [1.807, 2.05) is 0 Å². The van der Waals surface area contributed by atoms with Crippen LogP contribution in [0.2, 0.25) is 0 Å². The van der Waals surface area contributed by atoms with Gasteiger partial charge in [-0.15, -0.1) is 0 Å². The Kier molecular flexibility index (Phi) is 2.81. The molecule has 0 amide bonds. The van der Waals surface area contributed by atoms with Crippen LogP contribution in [0.1, 0.15) is 5.69 Å². The molecule has 0 aliphatic rings. The van der Waals surface area contributed by atoms with Crippen LogP contribution in [0, 0.1) is 0 Å². The summed E-state index contributed by atoms with van der Waals surface area (Å²) in [6, 6.07) is 3.32. The van der Waals surface area contributed by atoms with Gasteiger partial charge in [0.1, 0.15) is 5.75 Å². The molecule has 0 aliphatic heterocycles. The van der Waals surface area contributed by atoms with E-state index in [9.17, 15) is 8.42 Å². The predicted octanol–water partition coefficient (Wildman–Crippen LogP) is 0.633. The summed E-state index contributed by atoms with van der Waals surface area (Å²) in [6.07, 6.45) is 1.53. The van der Waals surface area contributed by atoms with E-state index in [0.29, 0.717) is 5.69 Å². The van der Waals surface area contributed by atoms with Crippen molar-refractivity contribution in [1.82, 2.24) is 4.98 Å². The summed E-state index contributed by atoms with van der Waals surface area (Å²) in [4.78, 5) is 3.86. The number of sulfonamides is 1. The lowest BCUT2D eigenvalue weighted by Crippen LogP contribution is -2.15. The Morgan fingerprint density at radius 3 is 2.58 bits per heavy atom. The summed E-state index contributed by atoms with van der Waals surface area (Å²) >= 11 is 3.18. The first kappa shape index (κ1) is 9.63. The molecule has 12 heavy (non-hydrogen) atoms. The number of hydrogen-bond acceptors (Lipinski definition) is 3. The molecule has 0 unspecified atom stereocenters. The minimum absolute atomic E-state index is 0.222. The standard InChI is InChI=1S/C6H7BrN2O2S/c7-5-1-2-6(9-3-5)4-12(8,10)11/h1-3H,4H2,(H2,8,10,11). The molecule has 0 saturated heterocycles. The molecule has 0 bridgehead atoms. The number of rotatable bonds is 2. The number of primary sulfonamides is 1. The van der Waals surface area contributed by atoms with Crippen molar-refractivity contribution in [2.75, 3.05) is 0 Å². The summed E-state index contributed by atoms with van der Waals surface area (Å²) in [5, 5.41) is 4.83. The minimum Gasteiger partial charge on any atom is -0.259 e. The maximum atomic E-state index is 10.6. The highest BCUT2D eigenvalue weighted by atomic mass is 79.9. The quantitative estimate of drug-likeness (QED) is 0.837. The summed E-state index contributed by atoms with van der Waals surface area (Å²) in [5.41, 5.74) is 0.445. The Bertz CT molecular complexity index is 360. The van der Waals surface area contributed by atoms with Crippen LogP contribution >= 0.6 is 15.9 Å². The number of nitrogens with zero attached hydrogens (tertiary/aromatic N) is 1. The third kappa shape index (κ3) is 3.29. The van der Waals surface area contributed by atoms with Crippen molar-refractivity contribution < 1.29 is 8.42 Å². The molecule has 0 saturated carbocycles. The van der Waals surface area contributed by atoms with E-state index in [4.69, 9.17) is 5.14 Å². The monoisotopic (exact) mass is 250 g/mol. The lowest BCUT2D eigenvalue weighted by molar-refractivity contribution is 0.596. The Hall–Kier alpha value is -0.460. The normalized spacial score (nSPS) is 11.5. The third-order valence-corrected chi connectivity index (χ3v) is 2.30. The maximum Gasteiger partial charge on any atom is 0.214 e. The van der Waals surface area contributed by atoms with Crippen molar-refractivity contribution in [2.45, 2.75) is 5.75 Å². The zero-order chi connectivity index (χ0) is 9.19. The first-order valence-corrected chi connectivity index (χ1v) is 5.59. The molecule has 0 atom stereocenters. The van der Waals surface area contributed by atoms with Crippen molar-refractivity contribution >= 4 is 26.0 Å². The summed E-state index contributed by atoms with van der Waals surface area (Å²) < 4.78 is 22.0. The average Bonchev–Trinajstić information content (AvgIpc) is 1.91. The van der Waals surface area contributed by atoms with E-state index >= 15 is 0 Å². The molecule has 2 N–H and O–H groups in total. The van der Waals surface area contributed by atoms with Gasteiger partial charge in [0, 0.05) is 10.7 Å². The summed E-state index contributed by atoms with van der Waals surface area (Å²) in [7, 11) is -3.47. The Labute approximate surface area is 79.0 Å². The minimum atomic E-state index is -3.47. The van der Waals surface area contributed by atoms with Gasteiger partial charge < -0.3 is 0 Å². The zero-order valence-electron chi connectivity index (χ0n) is 6.07. The van der Waals surface area contributed by atoms with Crippen LogP contribution in [0.25, 0.3) is 0 Å². The van der Waals surface area contributed by atoms with Gasteiger partial charge in [-0.25, -0.2) is 13.6 Å². The third-order valence-electron chi connectivity index (χ3n) is 1.14. The zero-order valence-corrected chi connectivity index (χ0v) is 8.47. The van der Waals surface area contributed by atoms with Gasteiger partial charge in [-0.1, -0.05) is 0 Å². The van der Waals surface area contributed by atoms with Crippen LogP contribution in [0.4, 0.5) is 0 Å².